The Morgan fingerprint density at radius 3 is 2.78 bits per heavy atom. The first-order valence-electron chi connectivity index (χ1n) is 4.78. The molecule has 0 radical (unpaired) electrons. The molecule has 6 nitrogen and oxygen atoms in total. The lowest BCUT2D eigenvalue weighted by Crippen LogP contribution is -2.16. The fourth-order valence-electron chi connectivity index (χ4n) is 1.08. The highest BCUT2D eigenvalue weighted by Crippen LogP contribution is 2.16. The molecule has 0 atom stereocenters. The van der Waals surface area contributed by atoms with Crippen molar-refractivity contribution in [3.05, 3.63) is 24.4 Å². The van der Waals surface area contributed by atoms with Crippen LogP contribution in [0.1, 0.15) is 5.82 Å². The van der Waals surface area contributed by atoms with Crippen LogP contribution in [0.4, 0.5) is 13.2 Å². The third-order valence-corrected chi connectivity index (χ3v) is 1.75. The van der Waals surface area contributed by atoms with Crippen LogP contribution < -0.4 is 0 Å². The number of hydrogen-bond acceptors (Lipinski definition) is 6. The van der Waals surface area contributed by atoms with E-state index in [0.717, 1.165) is 0 Å². The van der Waals surface area contributed by atoms with Crippen molar-refractivity contribution in [2.45, 2.75) is 12.8 Å². The van der Waals surface area contributed by atoms with Crippen LogP contribution in [-0.2, 0) is 11.3 Å². The molecule has 0 unspecified atom stereocenters. The SMILES string of the molecule is FC(F)(F)COCc1noc(-c2cnccn2)n1. The normalized spacial score (nSPS) is 11.7. The number of nitrogens with zero attached hydrogens (tertiary/aromatic N) is 4. The van der Waals surface area contributed by atoms with Crippen LogP contribution in [0.25, 0.3) is 11.6 Å². The molecule has 9 heteroatoms. The molecule has 0 N–H and O–H groups in total. The molecule has 0 aliphatic rings. The van der Waals surface area contributed by atoms with Crippen molar-refractivity contribution < 1.29 is 22.4 Å². The van der Waals surface area contributed by atoms with Gasteiger partial charge in [0.05, 0.1) is 6.20 Å². The summed E-state index contributed by atoms with van der Waals surface area (Å²) in [6.07, 6.45) is -0.0854. The Morgan fingerprint density at radius 2 is 2.11 bits per heavy atom. The van der Waals surface area contributed by atoms with Gasteiger partial charge < -0.3 is 9.26 Å². The van der Waals surface area contributed by atoms with E-state index < -0.39 is 12.8 Å². The molecule has 0 saturated heterocycles. The quantitative estimate of drug-likeness (QED) is 0.831. The lowest BCUT2D eigenvalue weighted by atomic mass is 10.4. The Kier molecular flexibility index (Phi) is 3.51. The maximum absolute atomic E-state index is 11.8. The van der Waals surface area contributed by atoms with Gasteiger partial charge in [0.25, 0.3) is 5.89 Å². The van der Waals surface area contributed by atoms with Crippen LogP contribution >= 0.6 is 0 Å². The molecular formula is C9H7F3N4O2. The second-order valence-corrected chi connectivity index (χ2v) is 3.21. The molecule has 0 bridgehead atoms. The zero-order valence-corrected chi connectivity index (χ0v) is 8.89. The van der Waals surface area contributed by atoms with E-state index in [1.54, 1.807) is 0 Å². The minimum atomic E-state index is -4.38. The molecule has 2 rings (SSSR count). The first-order chi connectivity index (χ1) is 8.54. The van der Waals surface area contributed by atoms with E-state index in [1.165, 1.54) is 18.6 Å². The van der Waals surface area contributed by atoms with E-state index in [2.05, 4.69) is 24.8 Å². The third kappa shape index (κ3) is 3.48. The van der Waals surface area contributed by atoms with Gasteiger partial charge in [-0.15, -0.1) is 0 Å². The average molecular weight is 260 g/mol. The Morgan fingerprint density at radius 1 is 1.28 bits per heavy atom. The predicted molar refractivity (Wildman–Crippen MR) is 51.0 cm³/mol. The van der Waals surface area contributed by atoms with Crippen molar-refractivity contribution >= 4 is 0 Å². The molecular weight excluding hydrogens is 253 g/mol. The minimum absolute atomic E-state index is 0.0138. The Hall–Kier alpha value is -2.03. The molecule has 0 aliphatic carbocycles. The van der Waals surface area contributed by atoms with Crippen molar-refractivity contribution in [1.82, 2.24) is 20.1 Å². The number of ether oxygens (including phenoxy) is 1. The summed E-state index contributed by atoms with van der Waals surface area (Å²) in [7, 11) is 0. The number of alkyl halides is 3. The Bertz CT molecular complexity index is 500. The van der Waals surface area contributed by atoms with Crippen molar-refractivity contribution in [1.29, 1.82) is 0 Å². The van der Waals surface area contributed by atoms with Crippen molar-refractivity contribution in [3.63, 3.8) is 0 Å². The van der Waals surface area contributed by atoms with Crippen LogP contribution in [0.3, 0.4) is 0 Å². The minimum Gasteiger partial charge on any atom is -0.364 e. The lowest BCUT2D eigenvalue weighted by Gasteiger charge is -2.04. The number of halogens is 3. The maximum Gasteiger partial charge on any atom is 0.411 e. The highest BCUT2D eigenvalue weighted by atomic mass is 19.4. The summed E-state index contributed by atoms with van der Waals surface area (Å²) in [5.41, 5.74) is 0.340. The van der Waals surface area contributed by atoms with Gasteiger partial charge in [0.15, 0.2) is 5.82 Å². The fraction of sp³-hybridized carbons (Fsp3) is 0.333. The molecule has 2 aromatic heterocycles. The first kappa shape index (κ1) is 12.4. The van der Waals surface area contributed by atoms with Crippen molar-refractivity contribution in [2.24, 2.45) is 0 Å². The topological polar surface area (TPSA) is 73.9 Å². The summed E-state index contributed by atoms with van der Waals surface area (Å²) in [6, 6.07) is 0. The monoisotopic (exact) mass is 260 g/mol. The highest BCUT2D eigenvalue weighted by molar-refractivity contribution is 5.43. The summed E-state index contributed by atoms with van der Waals surface area (Å²) in [6.45, 7) is -1.74. The number of rotatable bonds is 4. The van der Waals surface area contributed by atoms with Crippen LogP contribution in [0, 0.1) is 0 Å². The van der Waals surface area contributed by atoms with Crippen LogP contribution in [0.15, 0.2) is 23.1 Å². The van der Waals surface area contributed by atoms with Gasteiger partial charge in [0.1, 0.15) is 18.9 Å². The number of hydrogen-bond donors (Lipinski definition) is 0. The van der Waals surface area contributed by atoms with E-state index >= 15 is 0 Å². The van der Waals surface area contributed by atoms with Crippen molar-refractivity contribution in [3.8, 4) is 11.6 Å². The van der Waals surface area contributed by atoms with Crippen LogP contribution in [0.5, 0.6) is 0 Å². The third-order valence-electron chi connectivity index (χ3n) is 1.75. The summed E-state index contributed by atoms with van der Waals surface area (Å²) in [5.74, 6) is 0.0913. The zero-order valence-electron chi connectivity index (χ0n) is 8.89. The van der Waals surface area contributed by atoms with E-state index in [4.69, 9.17) is 4.52 Å². The molecule has 96 valence electrons. The van der Waals surface area contributed by atoms with Crippen LogP contribution in [0.2, 0.25) is 0 Å². The van der Waals surface area contributed by atoms with Gasteiger partial charge in [0.2, 0.25) is 0 Å². The highest BCUT2D eigenvalue weighted by Gasteiger charge is 2.27. The molecule has 0 fully saturated rings. The van der Waals surface area contributed by atoms with Gasteiger partial charge in [0, 0.05) is 12.4 Å². The number of aromatic nitrogens is 4. The maximum atomic E-state index is 11.8. The van der Waals surface area contributed by atoms with Gasteiger partial charge >= 0.3 is 6.18 Å². The first-order valence-corrected chi connectivity index (χ1v) is 4.78. The largest absolute Gasteiger partial charge is 0.411 e. The van der Waals surface area contributed by atoms with E-state index in [0.29, 0.717) is 5.69 Å². The standard InChI is InChI=1S/C9H7F3N4O2/c10-9(11,12)5-17-4-7-15-8(18-16-7)6-3-13-1-2-14-6/h1-3H,4-5H2. The van der Waals surface area contributed by atoms with E-state index in [9.17, 15) is 13.2 Å². The lowest BCUT2D eigenvalue weighted by molar-refractivity contribution is -0.177. The van der Waals surface area contributed by atoms with Gasteiger partial charge in [-0.2, -0.15) is 18.2 Å². The Balaban J connectivity index is 1.95. The zero-order chi connectivity index (χ0) is 13.0. The fourth-order valence-corrected chi connectivity index (χ4v) is 1.08. The molecule has 0 aromatic carbocycles. The van der Waals surface area contributed by atoms with Gasteiger partial charge in [-0.05, 0) is 0 Å². The Labute approximate surface area is 98.8 Å². The second kappa shape index (κ2) is 5.08. The summed E-state index contributed by atoms with van der Waals surface area (Å²) in [4.78, 5) is 11.5. The predicted octanol–water partition coefficient (Wildman–Crippen LogP) is 1.61. The molecule has 2 aromatic rings. The molecule has 0 amide bonds. The van der Waals surface area contributed by atoms with E-state index in [-0.39, 0.29) is 18.3 Å². The van der Waals surface area contributed by atoms with E-state index in [1.807, 2.05) is 0 Å². The molecule has 0 spiro atoms. The second-order valence-electron chi connectivity index (χ2n) is 3.21. The summed E-state index contributed by atoms with van der Waals surface area (Å²) >= 11 is 0. The van der Waals surface area contributed by atoms with Crippen LogP contribution in [-0.4, -0.2) is 32.9 Å². The summed E-state index contributed by atoms with van der Waals surface area (Å²) in [5, 5.41) is 3.47. The van der Waals surface area contributed by atoms with Gasteiger partial charge in [-0.3, -0.25) is 4.98 Å². The van der Waals surface area contributed by atoms with Gasteiger partial charge in [-0.25, -0.2) is 4.98 Å². The summed E-state index contributed by atoms with van der Waals surface area (Å²) < 4.78 is 44.7. The smallest absolute Gasteiger partial charge is 0.364 e. The average Bonchev–Trinajstić information content (AvgIpc) is 2.77. The molecule has 0 saturated carbocycles. The van der Waals surface area contributed by atoms with Crippen molar-refractivity contribution in [2.75, 3.05) is 6.61 Å². The molecule has 0 aliphatic heterocycles. The molecule has 18 heavy (non-hydrogen) atoms. The van der Waals surface area contributed by atoms with Gasteiger partial charge in [-0.1, -0.05) is 5.16 Å². The molecule has 2 heterocycles.